The number of anilines is 1. The molecule has 0 saturated carbocycles. The average Bonchev–Trinajstić information content (AvgIpc) is 3.29. The van der Waals surface area contributed by atoms with Gasteiger partial charge in [0.1, 0.15) is 5.69 Å². The van der Waals surface area contributed by atoms with Crippen LogP contribution in [0.25, 0.3) is 0 Å². The third-order valence-electron chi connectivity index (χ3n) is 7.06. The number of nitrogens with two attached hydrogens (primary N) is 1. The molecule has 7 nitrogen and oxygen atoms in total. The quantitative estimate of drug-likeness (QED) is 0.715. The first-order chi connectivity index (χ1) is 16.6. The van der Waals surface area contributed by atoms with E-state index in [0.29, 0.717) is 43.9 Å². The van der Waals surface area contributed by atoms with Crippen molar-refractivity contribution in [2.45, 2.75) is 25.9 Å². The molecule has 2 amide bonds. The van der Waals surface area contributed by atoms with Crippen LogP contribution in [0.2, 0.25) is 0 Å². The zero-order valence-electron chi connectivity index (χ0n) is 19.3. The van der Waals surface area contributed by atoms with Crippen molar-refractivity contribution in [3.8, 4) is 6.07 Å². The molecule has 0 radical (unpaired) electrons. The van der Waals surface area contributed by atoms with Crippen LogP contribution < -0.4 is 10.6 Å². The van der Waals surface area contributed by atoms with E-state index in [-0.39, 0.29) is 24.3 Å². The van der Waals surface area contributed by atoms with E-state index < -0.39 is 29.1 Å². The SMILES string of the molecule is Cc1cccc(C(=O)N2C[C@@H](C(N)=O)[C@H](C3CCN(c4ccc(C#N)c(C(F)(F)F)c4)CC3)C2)n1. The lowest BCUT2D eigenvalue weighted by atomic mass is 9.78. The van der Waals surface area contributed by atoms with E-state index in [1.165, 1.54) is 12.1 Å². The molecular weight excluding hydrogens is 459 g/mol. The maximum atomic E-state index is 13.4. The van der Waals surface area contributed by atoms with Crippen molar-refractivity contribution in [1.29, 1.82) is 5.26 Å². The van der Waals surface area contributed by atoms with E-state index in [2.05, 4.69) is 4.98 Å². The highest BCUT2D eigenvalue weighted by Crippen LogP contribution is 2.39. The number of nitrogens with zero attached hydrogens (tertiary/aromatic N) is 4. The second kappa shape index (κ2) is 9.56. The van der Waals surface area contributed by atoms with Crippen LogP contribution in [-0.2, 0) is 11.0 Å². The van der Waals surface area contributed by atoms with Gasteiger partial charge in [-0.05, 0) is 61.9 Å². The van der Waals surface area contributed by atoms with Crippen LogP contribution in [0.4, 0.5) is 18.9 Å². The molecule has 184 valence electrons. The summed E-state index contributed by atoms with van der Waals surface area (Å²) in [6.07, 6.45) is -3.30. The molecule has 2 fully saturated rings. The second-order valence-corrected chi connectivity index (χ2v) is 9.21. The number of nitriles is 1. The van der Waals surface area contributed by atoms with Gasteiger partial charge in [-0.25, -0.2) is 4.98 Å². The van der Waals surface area contributed by atoms with Gasteiger partial charge in [0.2, 0.25) is 5.91 Å². The van der Waals surface area contributed by atoms with Gasteiger partial charge in [-0.15, -0.1) is 0 Å². The highest BCUT2D eigenvalue weighted by Gasteiger charge is 2.44. The summed E-state index contributed by atoms with van der Waals surface area (Å²) in [7, 11) is 0. The first kappa shape index (κ1) is 24.5. The topological polar surface area (TPSA) is 103 Å². The number of aromatic nitrogens is 1. The van der Waals surface area contributed by atoms with E-state index in [4.69, 9.17) is 11.0 Å². The molecule has 35 heavy (non-hydrogen) atoms. The summed E-state index contributed by atoms with van der Waals surface area (Å²) in [5, 5.41) is 9.02. The fourth-order valence-electron chi connectivity index (χ4n) is 5.24. The molecule has 2 aromatic rings. The number of carbonyl (C=O) groups excluding carboxylic acids is 2. The number of rotatable bonds is 4. The van der Waals surface area contributed by atoms with Crippen LogP contribution in [-0.4, -0.2) is 47.9 Å². The number of primary amides is 1. The fraction of sp³-hybridized carbons (Fsp3) is 0.440. The zero-order valence-corrected chi connectivity index (χ0v) is 19.3. The van der Waals surface area contributed by atoms with Crippen LogP contribution in [0.3, 0.4) is 0 Å². The van der Waals surface area contributed by atoms with Gasteiger partial charge in [0.05, 0.1) is 23.1 Å². The molecule has 2 atom stereocenters. The van der Waals surface area contributed by atoms with Gasteiger partial charge >= 0.3 is 6.18 Å². The lowest BCUT2D eigenvalue weighted by Gasteiger charge is -2.37. The Bertz CT molecular complexity index is 1170. The Morgan fingerprint density at radius 3 is 2.46 bits per heavy atom. The Kier molecular flexibility index (Phi) is 6.70. The predicted molar refractivity (Wildman–Crippen MR) is 122 cm³/mol. The molecule has 1 aromatic carbocycles. The van der Waals surface area contributed by atoms with E-state index in [9.17, 15) is 22.8 Å². The van der Waals surface area contributed by atoms with Gasteiger partial charge in [-0.3, -0.25) is 9.59 Å². The lowest BCUT2D eigenvalue weighted by molar-refractivity contribution is -0.137. The van der Waals surface area contributed by atoms with Gasteiger partial charge in [-0.2, -0.15) is 18.4 Å². The molecule has 10 heteroatoms. The summed E-state index contributed by atoms with van der Waals surface area (Å²) in [5.74, 6) is -1.18. The Hall–Kier alpha value is -3.61. The number of hydrogen-bond donors (Lipinski definition) is 1. The molecule has 2 N–H and O–H groups in total. The fourth-order valence-corrected chi connectivity index (χ4v) is 5.24. The summed E-state index contributed by atoms with van der Waals surface area (Å²) in [4.78, 5) is 33.0. The van der Waals surface area contributed by atoms with Crippen molar-refractivity contribution in [3.63, 3.8) is 0 Å². The second-order valence-electron chi connectivity index (χ2n) is 9.21. The van der Waals surface area contributed by atoms with Crippen molar-refractivity contribution >= 4 is 17.5 Å². The minimum Gasteiger partial charge on any atom is -0.372 e. The van der Waals surface area contributed by atoms with Gasteiger partial charge in [0.15, 0.2) is 0 Å². The smallest absolute Gasteiger partial charge is 0.372 e. The molecule has 0 bridgehead atoms. The number of hydrogen-bond acceptors (Lipinski definition) is 5. The molecule has 2 aliphatic heterocycles. The largest absolute Gasteiger partial charge is 0.417 e. The number of amides is 2. The molecule has 0 spiro atoms. The molecule has 3 heterocycles. The summed E-state index contributed by atoms with van der Waals surface area (Å²) >= 11 is 0. The maximum absolute atomic E-state index is 13.4. The number of aryl methyl sites for hydroxylation is 1. The highest BCUT2D eigenvalue weighted by molar-refractivity contribution is 5.93. The zero-order chi connectivity index (χ0) is 25.3. The highest BCUT2D eigenvalue weighted by atomic mass is 19.4. The minimum atomic E-state index is -4.61. The van der Waals surface area contributed by atoms with Crippen LogP contribution in [0.15, 0.2) is 36.4 Å². The first-order valence-corrected chi connectivity index (χ1v) is 11.5. The van der Waals surface area contributed by atoms with E-state index in [1.54, 1.807) is 36.1 Å². The van der Waals surface area contributed by atoms with Gasteiger partial charge < -0.3 is 15.5 Å². The Morgan fingerprint density at radius 1 is 1.14 bits per heavy atom. The maximum Gasteiger partial charge on any atom is 0.417 e. The number of likely N-dealkylation sites (tertiary alicyclic amines) is 1. The molecule has 2 saturated heterocycles. The Labute approximate surface area is 201 Å². The van der Waals surface area contributed by atoms with Gasteiger partial charge in [-0.1, -0.05) is 6.07 Å². The molecule has 1 aromatic heterocycles. The standard InChI is InChI=1S/C25H26F3N5O2/c1-15-3-2-4-22(31-15)24(35)33-13-19(20(14-33)23(30)34)16-7-9-32(10-8-16)18-6-5-17(12-29)21(11-18)25(26,27)28/h2-6,11,16,19-20H,7-10,13-14H2,1H3,(H2,30,34)/t19-,20+/m0/s1. The molecule has 2 aliphatic rings. The average molecular weight is 486 g/mol. The van der Waals surface area contributed by atoms with Crippen LogP contribution in [0.1, 0.15) is 40.2 Å². The molecule has 4 rings (SSSR count). The number of carbonyl (C=O) groups is 2. The number of pyridine rings is 1. The molecule has 0 aliphatic carbocycles. The Morgan fingerprint density at radius 2 is 1.86 bits per heavy atom. The minimum absolute atomic E-state index is 0.104. The van der Waals surface area contributed by atoms with E-state index in [0.717, 1.165) is 11.8 Å². The van der Waals surface area contributed by atoms with Gasteiger partial charge in [0, 0.05) is 37.6 Å². The summed E-state index contributed by atoms with van der Waals surface area (Å²) in [6, 6.07) is 10.6. The molecule has 0 unspecified atom stereocenters. The first-order valence-electron chi connectivity index (χ1n) is 11.5. The summed E-state index contributed by atoms with van der Waals surface area (Å²) in [5.41, 5.74) is 5.80. The van der Waals surface area contributed by atoms with Crippen molar-refractivity contribution in [2.75, 3.05) is 31.1 Å². The predicted octanol–water partition coefficient (Wildman–Crippen LogP) is 3.37. The normalized spacial score (nSPS) is 21.1. The number of piperidine rings is 1. The number of halogens is 3. The monoisotopic (exact) mass is 485 g/mol. The number of alkyl halides is 3. The van der Waals surface area contributed by atoms with Crippen LogP contribution in [0, 0.1) is 36.0 Å². The van der Waals surface area contributed by atoms with E-state index in [1.807, 2.05) is 4.90 Å². The number of benzene rings is 1. The third kappa shape index (κ3) is 5.09. The Balaban J connectivity index is 1.46. The summed E-state index contributed by atoms with van der Waals surface area (Å²) in [6.45, 7) is 3.43. The van der Waals surface area contributed by atoms with Crippen LogP contribution >= 0.6 is 0 Å². The lowest BCUT2D eigenvalue weighted by Crippen LogP contribution is -2.40. The van der Waals surface area contributed by atoms with Crippen molar-refractivity contribution in [2.24, 2.45) is 23.5 Å². The molecular formula is C25H26F3N5O2. The summed E-state index contributed by atoms with van der Waals surface area (Å²) < 4.78 is 40.1. The van der Waals surface area contributed by atoms with Crippen molar-refractivity contribution < 1.29 is 22.8 Å². The van der Waals surface area contributed by atoms with Crippen molar-refractivity contribution in [3.05, 3.63) is 58.9 Å². The van der Waals surface area contributed by atoms with Crippen molar-refractivity contribution in [1.82, 2.24) is 9.88 Å². The third-order valence-corrected chi connectivity index (χ3v) is 7.06. The van der Waals surface area contributed by atoms with E-state index >= 15 is 0 Å². The van der Waals surface area contributed by atoms with Crippen LogP contribution in [0.5, 0.6) is 0 Å². The van der Waals surface area contributed by atoms with Gasteiger partial charge in [0.25, 0.3) is 5.91 Å².